The second kappa shape index (κ2) is 5.43. The summed E-state index contributed by atoms with van der Waals surface area (Å²) in [6.45, 7) is 3.39. The van der Waals surface area contributed by atoms with Crippen LogP contribution in [0, 0.1) is 13.8 Å². The minimum Gasteiger partial charge on any atom is -0.480 e. The quantitative estimate of drug-likeness (QED) is 0.856. The van der Waals surface area contributed by atoms with E-state index in [4.69, 9.17) is 5.11 Å². The Morgan fingerprint density at radius 1 is 1.26 bits per heavy atom. The summed E-state index contributed by atoms with van der Waals surface area (Å²) in [5.74, 6) is -0.933. The molecule has 0 aliphatic rings. The number of hydrogen-bond donors (Lipinski definition) is 1. The fourth-order valence-electron chi connectivity index (χ4n) is 1.72. The molecule has 1 heterocycles. The van der Waals surface area contributed by atoms with E-state index in [-0.39, 0.29) is 6.54 Å². The number of benzene rings is 1. The van der Waals surface area contributed by atoms with Gasteiger partial charge in [0.2, 0.25) is 0 Å². The number of aliphatic carboxylic acids is 1. The van der Waals surface area contributed by atoms with Crippen molar-refractivity contribution in [2.75, 3.05) is 0 Å². The summed E-state index contributed by atoms with van der Waals surface area (Å²) in [6, 6.07) is 9.34. The van der Waals surface area contributed by atoms with Gasteiger partial charge >= 0.3 is 5.97 Å². The number of rotatable bonds is 4. The van der Waals surface area contributed by atoms with Crippen molar-refractivity contribution in [3.8, 4) is 0 Å². The molecular formula is C13H14N4O2. The Morgan fingerprint density at radius 3 is 2.58 bits per heavy atom. The molecule has 0 aliphatic carbocycles. The van der Waals surface area contributed by atoms with Gasteiger partial charge in [0, 0.05) is 0 Å². The van der Waals surface area contributed by atoms with Crippen molar-refractivity contribution in [2.45, 2.75) is 20.4 Å². The van der Waals surface area contributed by atoms with Crippen LogP contribution in [0.1, 0.15) is 11.4 Å². The van der Waals surface area contributed by atoms with Crippen LogP contribution in [0.3, 0.4) is 0 Å². The van der Waals surface area contributed by atoms with E-state index in [9.17, 15) is 4.79 Å². The monoisotopic (exact) mass is 258 g/mol. The molecule has 0 radical (unpaired) electrons. The Bertz CT molecular complexity index is 617. The van der Waals surface area contributed by atoms with Crippen LogP contribution < -0.4 is 0 Å². The van der Waals surface area contributed by atoms with Gasteiger partial charge in [-0.1, -0.05) is 18.2 Å². The molecule has 1 aromatic heterocycles. The molecule has 19 heavy (non-hydrogen) atoms. The van der Waals surface area contributed by atoms with Gasteiger partial charge in [-0.2, -0.15) is 10.2 Å². The first-order valence-electron chi connectivity index (χ1n) is 5.80. The second-order valence-corrected chi connectivity index (χ2v) is 4.11. The lowest BCUT2D eigenvalue weighted by Crippen LogP contribution is -2.11. The van der Waals surface area contributed by atoms with Crippen molar-refractivity contribution in [2.24, 2.45) is 10.2 Å². The molecule has 0 unspecified atom stereocenters. The molecule has 0 atom stereocenters. The number of aryl methyl sites for hydroxylation is 1. The predicted molar refractivity (Wildman–Crippen MR) is 70.0 cm³/mol. The van der Waals surface area contributed by atoms with E-state index in [1.165, 1.54) is 4.68 Å². The zero-order valence-corrected chi connectivity index (χ0v) is 10.7. The average molecular weight is 258 g/mol. The maximum Gasteiger partial charge on any atom is 0.325 e. The zero-order chi connectivity index (χ0) is 13.8. The topological polar surface area (TPSA) is 79.8 Å². The van der Waals surface area contributed by atoms with Crippen LogP contribution in [0.25, 0.3) is 0 Å². The molecule has 2 aromatic rings. The first-order valence-corrected chi connectivity index (χ1v) is 5.80. The van der Waals surface area contributed by atoms with Crippen molar-refractivity contribution in [1.82, 2.24) is 9.78 Å². The summed E-state index contributed by atoms with van der Waals surface area (Å²) in [7, 11) is 0. The molecule has 0 aliphatic heterocycles. The molecule has 0 saturated heterocycles. The molecule has 6 heteroatoms. The number of carbonyl (C=O) groups is 1. The van der Waals surface area contributed by atoms with Crippen LogP contribution in [0.4, 0.5) is 11.4 Å². The Kier molecular flexibility index (Phi) is 3.70. The Hall–Kier alpha value is -2.50. The summed E-state index contributed by atoms with van der Waals surface area (Å²) >= 11 is 0. The minimum atomic E-state index is -0.933. The summed E-state index contributed by atoms with van der Waals surface area (Å²) in [6.07, 6.45) is 0. The van der Waals surface area contributed by atoms with Crippen molar-refractivity contribution >= 4 is 17.3 Å². The first kappa shape index (κ1) is 12.9. The lowest BCUT2D eigenvalue weighted by atomic mass is 10.3. The molecule has 0 spiro atoms. The first-order chi connectivity index (χ1) is 9.08. The van der Waals surface area contributed by atoms with Crippen molar-refractivity contribution in [1.29, 1.82) is 0 Å². The van der Waals surface area contributed by atoms with Gasteiger partial charge in [0.25, 0.3) is 0 Å². The highest BCUT2D eigenvalue weighted by Gasteiger charge is 2.12. The number of carboxylic acids is 1. The number of azo groups is 1. The van der Waals surface area contributed by atoms with Gasteiger partial charge < -0.3 is 5.11 Å². The average Bonchev–Trinajstić information content (AvgIpc) is 2.63. The van der Waals surface area contributed by atoms with Gasteiger partial charge in [-0.15, -0.1) is 5.11 Å². The normalized spacial score (nSPS) is 11.1. The molecule has 0 amide bonds. The maximum absolute atomic E-state index is 10.7. The lowest BCUT2D eigenvalue weighted by molar-refractivity contribution is -0.137. The molecule has 2 rings (SSSR count). The van der Waals surface area contributed by atoms with E-state index in [1.54, 1.807) is 13.8 Å². The van der Waals surface area contributed by atoms with Gasteiger partial charge in [-0.3, -0.25) is 9.48 Å². The second-order valence-electron chi connectivity index (χ2n) is 4.11. The van der Waals surface area contributed by atoms with Crippen LogP contribution in [0.2, 0.25) is 0 Å². The van der Waals surface area contributed by atoms with Crippen molar-refractivity contribution in [3.63, 3.8) is 0 Å². The molecule has 0 saturated carbocycles. The van der Waals surface area contributed by atoms with Gasteiger partial charge in [-0.05, 0) is 26.0 Å². The smallest absolute Gasteiger partial charge is 0.325 e. The summed E-state index contributed by atoms with van der Waals surface area (Å²) < 4.78 is 1.41. The van der Waals surface area contributed by atoms with Crippen molar-refractivity contribution in [3.05, 3.63) is 41.7 Å². The maximum atomic E-state index is 10.7. The fraction of sp³-hybridized carbons (Fsp3) is 0.231. The minimum absolute atomic E-state index is 0.173. The third-order valence-corrected chi connectivity index (χ3v) is 2.65. The molecule has 6 nitrogen and oxygen atoms in total. The van der Waals surface area contributed by atoms with Crippen LogP contribution in [-0.2, 0) is 11.3 Å². The Balaban J connectivity index is 2.28. The van der Waals surface area contributed by atoms with Gasteiger partial charge in [0.05, 0.1) is 17.1 Å². The number of carboxylic acid groups (broad SMARTS) is 1. The Morgan fingerprint density at radius 2 is 1.95 bits per heavy atom. The highest BCUT2D eigenvalue weighted by Crippen LogP contribution is 2.25. The molecule has 1 N–H and O–H groups in total. The van der Waals surface area contributed by atoms with E-state index in [0.717, 1.165) is 5.69 Å². The molecular weight excluding hydrogens is 244 g/mol. The third kappa shape index (κ3) is 3.04. The van der Waals surface area contributed by atoms with Gasteiger partial charge in [0.15, 0.2) is 0 Å². The fourth-order valence-corrected chi connectivity index (χ4v) is 1.72. The SMILES string of the molecule is Cc1nn(CC(=O)O)c(C)c1N=Nc1ccccc1. The summed E-state index contributed by atoms with van der Waals surface area (Å²) in [4.78, 5) is 10.7. The predicted octanol–water partition coefficient (Wildman–Crippen LogP) is 3.00. The van der Waals surface area contributed by atoms with E-state index in [2.05, 4.69) is 15.3 Å². The molecule has 98 valence electrons. The zero-order valence-electron chi connectivity index (χ0n) is 10.7. The van der Waals surface area contributed by atoms with Crippen LogP contribution in [-0.4, -0.2) is 20.9 Å². The third-order valence-electron chi connectivity index (χ3n) is 2.65. The number of hydrogen-bond acceptors (Lipinski definition) is 4. The lowest BCUT2D eigenvalue weighted by Gasteiger charge is -1.98. The van der Waals surface area contributed by atoms with Crippen LogP contribution in [0.15, 0.2) is 40.6 Å². The van der Waals surface area contributed by atoms with E-state index >= 15 is 0 Å². The highest BCUT2D eigenvalue weighted by atomic mass is 16.4. The van der Waals surface area contributed by atoms with E-state index in [0.29, 0.717) is 17.1 Å². The highest BCUT2D eigenvalue weighted by molar-refractivity contribution is 5.67. The van der Waals surface area contributed by atoms with Gasteiger partial charge in [-0.25, -0.2) is 0 Å². The van der Waals surface area contributed by atoms with E-state index in [1.807, 2.05) is 30.3 Å². The molecule has 1 aromatic carbocycles. The largest absolute Gasteiger partial charge is 0.480 e. The standard InChI is InChI=1S/C13H14N4O2/c1-9-13(10(2)17(16-9)8-12(18)19)15-14-11-6-4-3-5-7-11/h3-7H,8H2,1-2H3,(H,18,19). The van der Waals surface area contributed by atoms with Gasteiger partial charge in [0.1, 0.15) is 12.2 Å². The van der Waals surface area contributed by atoms with Crippen molar-refractivity contribution < 1.29 is 9.90 Å². The summed E-state index contributed by atoms with van der Waals surface area (Å²) in [5, 5.41) is 21.2. The molecule has 0 fully saturated rings. The van der Waals surface area contributed by atoms with E-state index < -0.39 is 5.97 Å². The summed E-state index contributed by atoms with van der Waals surface area (Å²) in [5.41, 5.74) is 2.72. The van der Waals surface area contributed by atoms with Crippen LogP contribution in [0.5, 0.6) is 0 Å². The Labute approximate surface area is 110 Å². The number of aromatic nitrogens is 2. The van der Waals surface area contributed by atoms with Crippen LogP contribution >= 0.6 is 0 Å². The number of nitrogens with zero attached hydrogens (tertiary/aromatic N) is 4. The molecule has 0 bridgehead atoms.